The summed E-state index contributed by atoms with van der Waals surface area (Å²) in [6.45, 7) is 0.276. The summed E-state index contributed by atoms with van der Waals surface area (Å²) in [5, 5.41) is 12.0. The largest absolute Gasteiger partial charge is 0.480 e. The zero-order valence-corrected chi connectivity index (χ0v) is 10.4. The first-order valence-corrected chi connectivity index (χ1v) is 5.88. The molecule has 2 rings (SSSR count). The number of hydrogen-bond acceptors (Lipinski definition) is 3. The van der Waals surface area contributed by atoms with Crippen molar-refractivity contribution in [3.8, 4) is 0 Å². The molecule has 0 fully saturated rings. The van der Waals surface area contributed by atoms with Gasteiger partial charge in [0.15, 0.2) is 11.6 Å². The zero-order chi connectivity index (χ0) is 14.5. The van der Waals surface area contributed by atoms with Gasteiger partial charge in [-0.3, -0.25) is 15.1 Å². The average molecular weight is 278 g/mol. The van der Waals surface area contributed by atoms with Gasteiger partial charge in [-0.1, -0.05) is 6.07 Å². The van der Waals surface area contributed by atoms with E-state index in [2.05, 4.69) is 10.3 Å². The Morgan fingerprint density at radius 3 is 2.50 bits per heavy atom. The fourth-order valence-corrected chi connectivity index (χ4v) is 1.76. The van der Waals surface area contributed by atoms with Crippen molar-refractivity contribution in [3.05, 3.63) is 65.5 Å². The maximum Gasteiger partial charge on any atom is 0.325 e. The SMILES string of the molecule is O=C(O)C(NCc1ccncc1)c1ccc(F)c(F)c1. The summed E-state index contributed by atoms with van der Waals surface area (Å²) < 4.78 is 26.0. The first kappa shape index (κ1) is 14.1. The zero-order valence-electron chi connectivity index (χ0n) is 10.4. The summed E-state index contributed by atoms with van der Waals surface area (Å²) >= 11 is 0. The van der Waals surface area contributed by atoms with Crippen LogP contribution in [-0.2, 0) is 11.3 Å². The molecule has 104 valence electrons. The molecule has 1 atom stereocenters. The Labute approximate surface area is 114 Å². The number of hydrogen-bond donors (Lipinski definition) is 2. The lowest BCUT2D eigenvalue weighted by atomic mass is 10.1. The van der Waals surface area contributed by atoms with E-state index in [4.69, 9.17) is 0 Å². The highest BCUT2D eigenvalue weighted by molar-refractivity contribution is 5.75. The van der Waals surface area contributed by atoms with Crippen LogP contribution < -0.4 is 5.32 Å². The Morgan fingerprint density at radius 1 is 1.20 bits per heavy atom. The van der Waals surface area contributed by atoms with E-state index in [1.165, 1.54) is 6.07 Å². The standard InChI is InChI=1S/C14H12F2N2O2/c15-11-2-1-10(7-12(11)16)13(14(19)20)18-8-9-3-5-17-6-4-9/h1-7,13,18H,8H2,(H,19,20). The summed E-state index contributed by atoms with van der Waals surface area (Å²) in [5.74, 6) is -3.24. The van der Waals surface area contributed by atoms with Crippen LogP contribution in [0.15, 0.2) is 42.7 Å². The van der Waals surface area contributed by atoms with Gasteiger partial charge < -0.3 is 5.11 Å². The van der Waals surface area contributed by atoms with Crippen molar-refractivity contribution in [1.82, 2.24) is 10.3 Å². The maximum atomic E-state index is 13.2. The third kappa shape index (κ3) is 3.36. The van der Waals surface area contributed by atoms with Gasteiger partial charge in [0.05, 0.1) is 0 Å². The summed E-state index contributed by atoms with van der Waals surface area (Å²) in [7, 11) is 0. The Kier molecular flexibility index (Phi) is 4.37. The number of halogens is 2. The number of nitrogens with one attached hydrogen (secondary N) is 1. The molecule has 1 aromatic carbocycles. The molecule has 1 heterocycles. The Hall–Kier alpha value is -2.34. The molecule has 20 heavy (non-hydrogen) atoms. The van der Waals surface area contributed by atoms with Crippen LogP contribution in [0.4, 0.5) is 8.78 Å². The van der Waals surface area contributed by atoms with E-state index in [-0.39, 0.29) is 12.1 Å². The Bertz CT molecular complexity index is 605. The fourth-order valence-electron chi connectivity index (χ4n) is 1.76. The van der Waals surface area contributed by atoms with Crippen LogP contribution in [0.5, 0.6) is 0 Å². The van der Waals surface area contributed by atoms with Crippen molar-refractivity contribution in [2.75, 3.05) is 0 Å². The van der Waals surface area contributed by atoms with Crippen molar-refractivity contribution in [2.24, 2.45) is 0 Å². The van der Waals surface area contributed by atoms with E-state index in [9.17, 15) is 18.7 Å². The second kappa shape index (κ2) is 6.21. The Morgan fingerprint density at radius 2 is 1.90 bits per heavy atom. The highest BCUT2D eigenvalue weighted by atomic mass is 19.2. The Balaban J connectivity index is 2.15. The average Bonchev–Trinajstić information content (AvgIpc) is 2.43. The molecule has 1 aromatic heterocycles. The molecule has 6 heteroatoms. The minimum Gasteiger partial charge on any atom is -0.480 e. The smallest absolute Gasteiger partial charge is 0.325 e. The third-order valence-electron chi connectivity index (χ3n) is 2.78. The molecule has 0 radical (unpaired) electrons. The predicted molar refractivity (Wildman–Crippen MR) is 67.8 cm³/mol. The second-order valence-corrected chi connectivity index (χ2v) is 4.18. The first-order chi connectivity index (χ1) is 9.58. The van der Waals surface area contributed by atoms with Gasteiger partial charge in [-0.25, -0.2) is 8.78 Å². The van der Waals surface area contributed by atoms with Crippen molar-refractivity contribution in [3.63, 3.8) is 0 Å². The van der Waals surface area contributed by atoms with Crippen LogP contribution >= 0.6 is 0 Å². The van der Waals surface area contributed by atoms with Crippen LogP contribution in [-0.4, -0.2) is 16.1 Å². The molecular weight excluding hydrogens is 266 g/mol. The van der Waals surface area contributed by atoms with Gasteiger partial charge in [-0.05, 0) is 35.4 Å². The highest BCUT2D eigenvalue weighted by Gasteiger charge is 2.20. The summed E-state index contributed by atoms with van der Waals surface area (Å²) in [5.41, 5.74) is 0.999. The second-order valence-electron chi connectivity index (χ2n) is 4.18. The van der Waals surface area contributed by atoms with Crippen LogP contribution in [0.25, 0.3) is 0 Å². The minimum absolute atomic E-state index is 0.158. The van der Waals surface area contributed by atoms with Crippen molar-refractivity contribution < 1.29 is 18.7 Å². The molecule has 0 saturated carbocycles. The first-order valence-electron chi connectivity index (χ1n) is 5.88. The van der Waals surface area contributed by atoms with E-state index in [1.807, 2.05) is 0 Å². The van der Waals surface area contributed by atoms with Crippen molar-refractivity contribution in [1.29, 1.82) is 0 Å². The predicted octanol–water partition coefficient (Wildman–Crippen LogP) is 2.28. The molecule has 1 unspecified atom stereocenters. The minimum atomic E-state index is -1.16. The van der Waals surface area contributed by atoms with Gasteiger partial charge in [-0.15, -0.1) is 0 Å². The number of pyridine rings is 1. The normalized spacial score (nSPS) is 12.1. The van der Waals surface area contributed by atoms with Crippen LogP contribution in [0.1, 0.15) is 17.2 Å². The molecule has 0 bridgehead atoms. The van der Waals surface area contributed by atoms with Crippen molar-refractivity contribution >= 4 is 5.97 Å². The quantitative estimate of drug-likeness (QED) is 0.880. The number of carboxylic acid groups (broad SMARTS) is 1. The number of aliphatic carboxylic acids is 1. The van der Waals surface area contributed by atoms with E-state index < -0.39 is 23.6 Å². The molecule has 4 nitrogen and oxygen atoms in total. The van der Waals surface area contributed by atoms with Gasteiger partial charge >= 0.3 is 5.97 Å². The summed E-state index contributed by atoms with van der Waals surface area (Å²) in [4.78, 5) is 15.1. The molecule has 2 N–H and O–H groups in total. The number of nitrogens with zero attached hydrogens (tertiary/aromatic N) is 1. The number of aromatic nitrogens is 1. The van der Waals surface area contributed by atoms with E-state index in [1.54, 1.807) is 24.5 Å². The van der Waals surface area contributed by atoms with Crippen LogP contribution in [0.3, 0.4) is 0 Å². The molecule has 0 aliphatic heterocycles. The molecule has 0 spiro atoms. The van der Waals surface area contributed by atoms with Crippen LogP contribution in [0, 0.1) is 11.6 Å². The lowest BCUT2D eigenvalue weighted by molar-refractivity contribution is -0.139. The summed E-state index contributed by atoms with van der Waals surface area (Å²) in [6.07, 6.45) is 3.18. The van der Waals surface area contributed by atoms with Gasteiger partial charge in [-0.2, -0.15) is 0 Å². The molecule has 0 aliphatic rings. The number of carboxylic acids is 1. The molecule has 0 aliphatic carbocycles. The molecular formula is C14H12F2N2O2. The molecule has 0 amide bonds. The lowest BCUT2D eigenvalue weighted by Gasteiger charge is -2.15. The number of carbonyl (C=O) groups is 1. The number of rotatable bonds is 5. The monoisotopic (exact) mass is 278 g/mol. The van der Waals surface area contributed by atoms with E-state index >= 15 is 0 Å². The molecule has 0 saturated heterocycles. The van der Waals surface area contributed by atoms with E-state index in [0.29, 0.717) is 0 Å². The third-order valence-corrected chi connectivity index (χ3v) is 2.78. The molecule has 2 aromatic rings. The van der Waals surface area contributed by atoms with Crippen LogP contribution in [0.2, 0.25) is 0 Å². The summed E-state index contributed by atoms with van der Waals surface area (Å²) in [6, 6.07) is 5.39. The fraction of sp³-hybridized carbons (Fsp3) is 0.143. The lowest BCUT2D eigenvalue weighted by Crippen LogP contribution is -2.28. The van der Waals surface area contributed by atoms with E-state index in [0.717, 1.165) is 17.7 Å². The number of benzene rings is 1. The van der Waals surface area contributed by atoms with Gasteiger partial charge in [0.25, 0.3) is 0 Å². The van der Waals surface area contributed by atoms with Gasteiger partial charge in [0.1, 0.15) is 6.04 Å². The van der Waals surface area contributed by atoms with Gasteiger partial charge in [0.2, 0.25) is 0 Å². The van der Waals surface area contributed by atoms with Crippen molar-refractivity contribution in [2.45, 2.75) is 12.6 Å². The highest BCUT2D eigenvalue weighted by Crippen LogP contribution is 2.17. The maximum absolute atomic E-state index is 13.2. The van der Waals surface area contributed by atoms with Gasteiger partial charge in [0, 0.05) is 18.9 Å². The topological polar surface area (TPSA) is 62.2 Å².